The molecule has 0 spiro atoms. The Kier molecular flexibility index (Phi) is 145. The monoisotopic (exact) mass is 309 g/mol. The van der Waals surface area contributed by atoms with Gasteiger partial charge < -0.3 is 14.3 Å². The molecule has 0 heterocycles. The molecule has 0 aromatic carbocycles. The van der Waals surface area contributed by atoms with Crippen LogP contribution in [0.25, 0.3) is 0 Å². The molecule has 0 saturated heterocycles. The Hall–Kier alpha value is 5.25. The van der Waals surface area contributed by atoms with Crippen LogP contribution in [0.2, 0.25) is 0 Å². The van der Waals surface area contributed by atoms with E-state index >= 15 is 0 Å². The van der Waals surface area contributed by atoms with Gasteiger partial charge in [-0.1, -0.05) is 0 Å². The van der Waals surface area contributed by atoms with E-state index in [1.165, 1.54) is 0 Å². The van der Waals surface area contributed by atoms with E-state index in [-0.39, 0.29) is 180 Å². The second kappa shape index (κ2) is 22.8. The Bertz CT molecular complexity index is 25.4. The largest absolute Gasteiger partial charge is 2.00 e. The van der Waals surface area contributed by atoms with E-state index < -0.39 is 0 Å². The van der Waals surface area contributed by atoms with Crippen LogP contribution in [0.15, 0.2) is 0 Å². The summed E-state index contributed by atoms with van der Waals surface area (Å²) in [7, 11) is 0. The van der Waals surface area contributed by atoms with Crippen molar-refractivity contribution >= 4 is 165 Å². The molecule has 0 nitrogen and oxygen atoms in total. The molecule has 0 amide bonds. The third kappa shape index (κ3) is 17.6. The maximum absolute atomic E-state index is 0. The summed E-state index contributed by atoms with van der Waals surface area (Å²) in [6.07, 6.45) is 0. The fourth-order valence-electron chi connectivity index (χ4n) is 0. The van der Waals surface area contributed by atoms with Crippen LogP contribution < -0.4 is 0 Å². The quantitative estimate of drug-likeness (QED) is 0.515. The third-order valence-electron chi connectivity index (χ3n) is 0. The smallest absolute Gasteiger partial charge is 1.00 e. The van der Waals surface area contributed by atoms with E-state index in [2.05, 4.69) is 0 Å². The van der Waals surface area contributed by atoms with Gasteiger partial charge in [0.05, 0.1) is 0 Å². The van der Waals surface area contributed by atoms with Gasteiger partial charge in [0, 0.05) is 0 Å². The molecular weight excluding hydrogens is 298 g/mol. The minimum atomic E-state index is 0. The van der Waals surface area contributed by atoms with Crippen molar-refractivity contribution in [1.82, 2.24) is 0 Å². The van der Waals surface area contributed by atoms with Gasteiger partial charge >= 0.3 is 165 Å². The molecule has 0 rings (SSSR count). The SMILES string of the molecule is [Ba+2].[Be+2].[Ca+2].[H-].[H-].[H-].[H-].[H-].[H-].[H-].[H-].[H-].[H-].[Mg+2].[Sr+2]. The fourth-order valence-corrected chi connectivity index (χ4v) is 0. The molecule has 0 radical (unpaired) electrons. The predicted molar refractivity (Wildman–Crippen MR) is 39.9 cm³/mol. The minimum absolute atomic E-state index is 0. The van der Waals surface area contributed by atoms with Crippen molar-refractivity contribution in [3.63, 3.8) is 0 Å². The number of rotatable bonds is 0. The van der Waals surface area contributed by atoms with Crippen LogP contribution in [0.1, 0.15) is 14.3 Å². The molecule has 0 atom stereocenters. The van der Waals surface area contributed by atoms with Gasteiger partial charge in [-0.3, -0.25) is 0 Å². The standard InChI is InChI=1S/Ba.Be.Ca.Mg.Sr.10H/q5*+2;10*-1. The first-order chi connectivity index (χ1) is 0. The van der Waals surface area contributed by atoms with Crippen LogP contribution in [-0.2, 0) is 0 Å². The molecule has 0 unspecified atom stereocenters. The van der Waals surface area contributed by atoms with Crippen LogP contribution >= 0.6 is 0 Å². The number of hydrogen-bond donors (Lipinski definition) is 0. The average molecular weight is 308 g/mol. The predicted octanol–water partition coefficient (Wildman–Crippen LogP) is -0.779. The van der Waals surface area contributed by atoms with Crippen LogP contribution in [0, 0.1) is 0 Å². The Morgan fingerprint density at radius 2 is 1.20 bits per heavy atom. The Balaban J connectivity index is 0. The Labute approximate surface area is 175 Å². The first kappa shape index (κ1) is 31.8. The summed E-state index contributed by atoms with van der Waals surface area (Å²) < 4.78 is 0. The topological polar surface area (TPSA) is 0 Å². The van der Waals surface area contributed by atoms with Gasteiger partial charge in [0.15, 0.2) is 0 Å². The summed E-state index contributed by atoms with van der Waals surface area (Å²) in [4.78, 5) is 0. The molecule has 0 fully saturated rings. The molecule has 0 aromatic rings. The molecular formula is H10BaBeCaMgSr. The van der Waals surface area contributed by atoms with Crippen molar-refractivity contribution in [3.8, 4) is 0 Å². The van der Waals surface area contributed by atoms with Gasteiger partial charge in [0.25, 0.3) is 0 Å². The van der Waals surface area contributed by atoms with Crippen molar-refractivity contribution in [1.29, 1.82) is 0 Å². The van der Waals surface area contributed by atoms with Gasteiger partial charge in [0.1, 0.15) is 0 Å². The molecule has 0 N–H and O–H groups in total. The molecule has 0 aromatic heterocycles. The summed E-state index contributed by atoms with van der Waals surface area (Å²) in [5.41, 5.74) is 0. The van der Waals surface area contributed by atoms with E-state index in [0.717, 1.165) is 0 Å². The first-order valence-electron chi connectivity index (χ1n) is 0. The normalized spacial score (nSPS) is 0. The van der Waals surface area contributed by atoms with Crippen LogP contribution in [0.5, 0.6) is 0 Å². The average Bonchev–Trinajstić information content (AvgIpc) is 0. The molecule has 0 aliphatic carbocycles. The summed E-state index contributed by atoms with van der Waals surface area (Å²) >= 11 is 0. The first-order valence-corrected chi connectivity index (χ1v) is 0. The fraction of sp³-hybridized carbons (Fsp3) is 0. The Morgan fingerprint density at radius 1 is 1.20 bits per heavy atom. The molecule has 20 valence electrons. The van der Waals surface area contributed by atoms with Gasteiger partial charge in [-0.25, -0.2) is 0 Å². The zero-order valence-corrected chi connectivity index (χ0v) is 15.1. The molecule has 5 heavy (non-hydrogen) atoms. The van der Waals surface area contributed by atoms with Crippen molar-refractivity contribution in [3.05, 3.63) is 0 Å². The van der Waals surface area contributed by atoms with Crippen molar-refractivity contribution in [2.45, 2.75) is 0 Å². The second-order valence-corrected chi connectivity index (χ2v) is 0. The molecule has 0 aliphatic rings. The number of hydrogen-bond acceptors (Lipinski definition) is 0. The van der Waals surface area contributed by atoms with E-state index in [4.69, 9.17) is 0 Å². The minimum Gasteiger partial charge on any atom is -1.00 e. The summed E-state index contributed by atoms with van der Waals surface area (Å²) in [5.74, 6) is 0. The Morgan fingerprint density at radius 3 is 1.20 bits per heavy atom. The second-order valence-electron chi connectivity index (χ2n) is 0. The maximum atomic E-state index is 0. The van der Waals surface area contributed by atoms with Gasteiger partial charge in [-0.15, -0.1) is 0 Å². The summed E-state index contributed by atoms with van der Waals surface area (Å²) in [6.45, 7) is 0. The van der Waals surface area contributed by atoms with E-state index in [1.54, 1.807) is 0 Å². The summed E-state index contributed by atoms with van der Waals surface area (Å²) in [5, 5.41) is 0. The van der Waals surface area contributed by atoms with Crippen LogP contribution in [0.4, 0.5) is 0 Å². The van der Waals surface area contributed by atoms with Gasteiger partial charge in [0.2, 0.25) is 0 Å². The zero-order valence-electron chi connectivity index (χ0n) is 13.5. The van der Waals surface area contributed by atoms with Crippen LogP contribution in [-0.4, -0.2) is 165 Å². The van der Waals surface area contributed by atoms with Gasteiger partial charge in [-0.05, 0) is 0 Å². The molecule has 5 heteroatoms. The molecule has 0 aliphatic heterocycles. The zero-order chi connectivity index (χ0) is 0. The summed E-state index contributed by atoms with van der Waals surface area (Å²) in [6, 6.07) is 0. The van der Waals surface area contributed by atoms with E-state index in [9.17, 15) is 0 Å². The van der Waals surface area contributed by atoms with Crippen molar-refractivity contribution in [2.75, 3.05) is 0 Å². The van der Waals surface area contributed by atoms with Crippen LogP contribution in [0.3, 0.4) is 0 Å². The maximum Gasteiger partial charge on any atom is 2.00 e. The van der Waals surface area contributed by atoms with E-state index in [1.807, 2.05) is 0 Å². The van der Waals surface area contributed by atoms with E-state index in [0.29, 0.717) is 0 Å². The molecule has 0 bridgehead atoms. The third-order valence-corrected chi connectivity index (χ3v) is 0. The van der Waals surface area contributed by atoms with Crippen molar-refractivity contribution in [2.24, 2.45) is 0 Å². The molecule has 0 saturated carbocycles. The van der Waals surface area contributed by atoms with Gasteiger partial charge in [-0.2, -0.15) is 0 Å². The van der Waals surface area contributed by atoms with Crippen molar-refractivity contribution < 1.29 is 14.3 Å².